The molecule has 0 radical (unpaired) electrons. The largest absolute Gasteiger partial charge is 0.300 e. The van der Waals surface area contributed by atoms with Gasteiger partial charge in [-0.15, -0.1) is 0 Å². The molecule has 0 atom stereocenters. The van der Waals surface area contributed by atoms with E-state index in [1.54, 1.807) is 11.9 Å². The maximum absolute atomic E-state index is 4.20. The third kappa shape index (κ3) is 2.46. The Kier molecular flexibility index (Phi) is 3.00. The van der Waals surface area contributed by atoms with Crippen LogP contribution in [0.5, 0.6) is 0 Å². The Morgan fingerprint density at radius 3 is 2.71 bits per heavy atom. The smallest absolute Gasteiger partial charge is 0.212 e. The van der Waals surface area contributed by atoms with E-state index in [0.717, 1.165) is 11.0 Å². The summed E-state index contributed by atoms with van der Waals surface area (Å²) in [7, 11) is 0. The third-order valence-corrected chi connectivity index (χ3v) is 3.18. The molecule has 0 fully saturated rings. The van der Waals surface area contributed by atoms with Crippen LogP contribution in [0, 0.1) is 6.92 Å². The van der Waals surface area contributed by atoms with Crippen molar-refractivity contribution in [3.8, 4) is 0 Å². The molecule has 72 valence electrons. The molecule has 2 aromatic rings. The lowest BCUT2D eigenvalue weighted by Crippen LogP contribution is -1.85. The second kappa shape index (κ2) is 4.43. The first kappa shape index (κ1) is 9.48. The topological polar surface area (TPSA) is 37.8 Å². The average molecular weight is 223 g/mol. The van der Waals surface area contributed by atoms with Gasteiger partial charge >= 0.3 is 0 Å². The van der Waals surface area contributed by atoms with Crippen molar-refractivity contribution in [3.63, 3.8) is 0 Å². The molecular formula is C9H9N3S2. The summed E-state index contributed by atoms with van der Waals surface area (Å²) < 4.78 is 7.23. The maximum Gasteiger partial charge on any atom is 0.212 e. The van der Waals surface area contributed by atoms with Gasteiger partial charge in [0.1, 0.15) is 5.82 Å². The summed E-state index contributed by atoms with van der Waals surface area (Å²) >= 11 is 2.92. The molecule has 1 heterocycles. The fourth-order valence-corrected chi connectivity index (χ4v) is 2.18. The molecule has 0 saturated carbocycles. The van der Waals surface area contributed by atoms with Gasteiger partial charge in [-0.25, -0.2) is 4.98 Å². The predicted octanol–water partition coefficient (Wildman–Crippen LogP) is 2.97. The van der Waals surface area contributed by atoms with E-state index in [4.69, 9.17) is 0 Å². The first-order valence-electron chi connectivity index (χ1n) is 4.13. The average Bonchev–Trinajstić information content (AvgIpc) is 2.63. The third-order valence-electron chi connectivity index (χ3n) is 1.53. The predicted molar refractivity (Wildman–Crippen MR) is 60.6 cm³/mol. The second-order valence-electron chi connectivity index (χ2n) is 2.66. The molecule has 14 heavy (non-hydrogen) atoms. The zero-order valence-electron chi connectivity index (χ0n) is 7.60. The van der Waals surface area contributed by atoms with Crippen molar-refractivity contribution in [3.05, 3.63) is 36.2 Å². The molecule has 0 aliphatic heterocycles. The van der Waals surface area contributed by atoms with Gasteiger partial charge in [0, 0.05) is 16.4 Å². The van der Waals surface area contributed by atoms with Crippen LogP contribution in [0.1, 0.15) is 5.82 Å². The molecule has 0 aliphatic rings. The molecule has 1 N–H and O–H groups in total. The van der Waals surface area contributed by atoms with Gasteiger partial charge in [-0.2, -0.15) is 4.37 Å². The summed E-state index contributed by atoms with van der Waals surface area (Å²) in [6.45, 7) is 1.88. The van der Waals surface area contributed by atoms with Crippen LogP contribution < -0.4 is 4.72 Å². The van der Waals surface area contributed by atoms with Crippen LogP contribution in [-0.4, -0.2) is 9.36 Å². The van der Waals surface area contributed by atoms with Crippen molar-refractivity contribution >= 4 is 28.6 Å². The SMILES string of the molecule is Cc1nsc(NSc2ccccc2)n1. The van der Waals surface area contributed by atoms with Crippen LogP contribution in [0.25, 0.3) is 0 Å². The molecule has 0 aliphatic carbocycles. The number of nitrogens with one attached hydrogen (secondary N) is 1. The lowest BCUT2D eigenvalue weighted by atomic mass is 10.4. The number of hydrogen-bond donors (Lipinski definition) is 1. The molecule has 0 spiro atoms. The minimum absolute atomic E-state index is 0.811. The highest BCUT2D eigenvalue weighted by Crippen LogP contribution is 2.21. The van der Waals surface area contributed by atoms with Gasteiger partial charge in [0.2, 0.25) is 5.13 Å². The van der Waals surface area contributed by atoms with Crippen LogP contribution >= 0.6 is 23.5 Å². The quantitative estimate of drug-likeness (QED) is 0.812. The van der Waals surface area contributed by atoms with Crippen LogP contribution in [0.2, 0.25) is 0 Å². The van der Waals surface area contributed by atoms with Gasteiger partial charge in [-0.3, -0.25) is 0 Å². The minimum Gasteiger partial charge on any atom is -0.300 e. The van der Waals surface area contributed by atoms with E-state index < -0.39 is 0 Å². The highest BCUT2D eigenvalue weighted by atomic mass is 32.2. The van der Waals surface area contributed by atoms with E-state index in [2.05, 4.69) is 14.1 Å². The summed E-state index contributed by atoms with van der Waals surface area (Å²) in [6, 6.07) is 10.1. The molecule has 0 bridgehead atoms. The first-order valence-corrected chi connectivity index (χ1v) is 5.72. The Bertz CT molecular complexity index is 399. The normalized spacial score (nSPS) is 10.1. The van der Waals surface area contributed by atoms with Crippen molar-refractivity contribution in [1.29, 1.82) is 0 Å². The lowest BCUT2D eigenvalue weighted by Gasteiger charge is -1.99. The molecule has 0 amide bonds. The monoisotopic (exact) mass is 223 g/mol. The van der Waals surface area contributed by atoms with E-state index in [9.17, 15) is 0 Å². The van der Waals surface area contributed by atoms with Crippen LogP contribution in [0.15, 0.2) is 35.2 Å². The highest BCUT2D eigenvalue weighted by Gasteiger charge is 1.99. The second-order valence-corrected chi connectivity index (χ2v) is 4.30. The Labute approximate surface area is 90.9 Å². The number of benzene rings is 1. The standard InChI is InChI=1S/C9H9N3S2/c1-7-10-9(14-11-7)12-13-8-5-3-2-4-6-8/h2-6H,1H3,(H,10,11,12). The number of nitrogens with zero attached hydrogens (tertiary/aromatic N) is 2. The van der Waals surface area contributed by atoms with Crippen molar-refractivity contribution in [2.45, 2.75) is 11.8 Å². The fraction of sp³-hybridized carbons (Fsp3) is 0.111. The van der Waals surface area contributed by atoms with Gasteiger partial charge in [-0.1, -0.05) is 18.2 Å². The van der Waals surface area contributed by atoms with Crippen molar-refractivity contribution in [1.82, 2.24) is 9.36 Å². The zero-order valence-corrected chi connectivity index (χ0v) is 9.23. The highest BCUT2D eigenvalue weighted by molar-refractivity contribution is 8.00. The Hall–Kier alpha value is -1.07. The van der Waals surface area contributed by atoms with Crippen LogP contribution in [-0.2, 0) is 0 Å². The van der Waals surface area contributed by atoms with Gasteiger partial charge in [0.25, 0.3) is 0 Å². The molecule has 5 heteroatoms. The molecular weight excluding hydrogens is 214 g/mol. The molecule has 3 nitrogen and oxygen atoms in total. The Morgan fingerprint density at radius 2 is 2.07 bits per heavy atom. The van der Waals surface area contributed by atoms with Crippen molar-refractivity contribution in [2.75, 3.05) is 4.72 Å². The summed E-state index contributed by atoms with van der Waals surface area (Å²) in [5.41, 5.74) is 0. The van der Waals surface area contributed by atoms with E-state index in [0.29, 0.717) is 0 Å². The van der Waals surface area contributed by atoms with E-state index in [1.165, 1.54) is 16.4 Å². The number of anilines is 1. The van der Waals surface area contributed by atoms with Crippen LogP contribution in [0.3, 0.4) is 0 Å². The summed E-state index contributed by atoms with van der Waals surface area (Å²) in [5.74, 6) is 0.811. The van der Waals surface area contributed by atoms with Crippen LogP contribution in [0.4, 0.5) is 5.13 Å². The number of aryl methyl sites for hydroxylation is 1. The molecule has 1 aromatic heterocycles. The van der Waals surface area contributed by atoms with Gasteiger partial charge in [-0.05, 0) is 31.0 Å². The van der Waals surface area contributed by atoms with Crippen molar-refractivity contribution in [2.24, 2.45) is 0 Å². The minimum atomic E-state index is 0.811. The first-order chi connectivity index (χ1) is 6.84. The van der Waals surface area contributed by atoms with Crippen molar-refractivity contribution < 1.29 is 0 Å². The molecule has 0 unspecified atom stereocenters. The fourth-order valence-electron chi connectivity index (χ4n) is 0.930. The summed E-state index contributed by atoms with van der Waals surface area (Å²) in [6.07, 6.45) is 0. The van der Waals surface area contributed by atoms with Gasteiger partial charge in [0.15, 0.2) is 0 Å². The maximum atomic E-state index is 4.20. The number of aromatic nitrogens is 2. The van der Waals surface area contributed by atoms with E-state index in [1.807, 2.05) is 37.3 Å². The lowest BCUT2D eigenvalue weighted by molar-refractivity contribution is 1.17. The van der Waals surface area contributed by atoms with E-state index >= 15 is 0 Å². The molecule has 2 rings (SSSR count). The molecule has 1 aromatic carbocycles. The van der Waals surface area contributed by atoms with Gasteiger partial charge in [0.05, 0.1) is 0 Å². The zero-order chi connectivity index (χ0) is 9.80. The van der Waals surface area contributed by atoms with Gasteiger partial charge < -0.3 is 4.72 Å². The number of hydrogen-bond acceptors (Lipinski definition) is 5. The van der Waals surface area contributed by atoms with E-state index in [-0.39, 0.29) is 0 Å². The summed E-state index contributed by atoms with van der Waals surface area (Å²) in [4.78, 5) is 5.37. The molecule has 0 saturated heterocycles. The number of rotatable bonds is 3. The Morgan fingerprint density at radius 1 is 1.29 bits per heavy atom. The Balaban J connectivity index is 1.95. The summed E-state index contributed by atoms with van der Waals surface area (Å²) in [5, 5.41) is 0.844.